The van der Waals surface area contributed by atoms with Crippen molar-refractivity contribution in [2.75, 3.05) is 6.54 Å². The van der Waals surface area contributed by atoms with Gasteiger partial charge in [0.25, 0.3) is 0 Å². The normalized spacial score (nSPS) is 19.1. The molecular weight excluding hydrogens is 552 g/mol. The van der Waals surface area contributed by atoms with Crippen LogP contribution >= 0.6 is 0 Å². The lowest BCUT2D eigenvalue weighted by Crippen LogP contribution is -2.48. The van der Waals surface area contributed by atoms with Crippen LogP contribution < -0.4 is 4.18 Å². The van der Waals surface area contributed by atoms with E-state index < -0.39 is 62.3 Å². The first kappa shape index (κ1) is 30.5. The minimum Gasteiger partial charge on any atom is -0.478 e. The summed E-state index contributed by atoms with van der Waals surface area (Å²) >= 11 is 0. The summed E-state index contributed by atoms with van der Waals surface area (Å²) in [6, 6.07) is 2.20. The van der Waals surface area contributed by atoms with Crippen LogP contribution in [0.3, 0.4) is 0 Å². The van der Waals surface area contributed by atoms with Crippen molar-refractivity contribution in [2.45, 2.75) is 64.3 Å². The third kappa shape index (κ3) is 6.40. The number of aliphatic carboxylic acids is 1. The lowest BCUT2D eigenvalue weighted by atomic mass is 9.81. The molecule has 0 aromatic heterocycles. The Hall–Kier alpha value is -3.06. The Morgan fingerprint density at radius 2 is 1.72 bits per heavy atom. The molecule has 1 aliphatic rings. The van der Waals surface area contributed by atoms with Crippen molar-refractivity contribution in [3.63, 3.8) is 0 Å². The quantitative estimate of drug-likeness (QED) is 0.186. The molecule has 0 aliphatic carbocycles. The SMILES string of the molecule is C/C(=C\c1cc(F)c([C@@H]2c3ccc(OS(=O)(=O)C(F)(F)F)c(C)c3C[C@@H](C)N2CC(C)(C)F)c(F)c1)C(=O)O. The number of carbonyl (C=O) groups is 1. The Morgan fingerprint density at radius 3 is 2.21 bits per heavy atom. The predicted molar refractivity (Wildman–Crippen MR) is 131 cm³/mol. The second-order valence-electron chi connectivity index (χ2n) is 10.1. The summed E-state index contributed by atoms with van der Waals surface area (Å²) < 4.78 is 112. The van der Waals surface area contributed by atoms with Gasteiger partial charge in [-0.05, 0) is 87.6 Å². The summed E-state index contributed by atoms with van der Waals surface area (Å²) in [6.45, 7) is 6.52. The van der Waals surface area contributed by atoms with E-state index in [4.69, 9.17) is 5.11 Å². The average molecular weight is 580 g/mol. The van der Waals surface area contributed by atoms with Gasteiger partial charge in [-0.25, -0.2) is 18.0 Å². The molecule has 0 saturated heterocycles. The first-order chi connectivity index (χ1) is 17.7. The molecule has 2 aromatic carbocycles. The first-order valence-electron chi connectivity index (χ1n) is 11.7. The van der Waals surface area contributed by atoms with E-state index in [2.05, 4.69) is 4.18 Å². The first-order valence-corrected chi connectivity index (χ1v) is 13.1. The zero-order valence-corrected chi connectivity index (χ0v) is 22.5. The van der Waals surface area contributed by atoms with E-state index >= 15 is 8.78 Å². The van der Waals surface area contributed by atoms with E-state index in [9.17, 15) is 30.8 Å². The Balaban J connectivity index is 2.24. The number of hydrogen-bond acceptors (Lipinski definition) is 5. The highest BCUT2D eigenvalue weighted by Crippen LogP contribution is 2.44. The van der Waals surface area contributed by atoms with Gasteiger partial charge in [0.1, 0.15) is 23.1 Å². The van der Waals surface area contributed by atoms with Crippen LogP contribution in [-0.2, 0) is 21.3 Å². The fraction of sp³-hybridized carbons (Fsp3) is 0.423. The number of benzene rings is 2. The Bertz CT molecular complexity index is 1410. The number of rotatable bonds is 7. The van der Waals surface area contributed by atoms with Crippen LogP contribution in [0.2, 0.25) is 0 Å². The molecule has 3 rings (SSSR count). The average Bonchev–Trinajstić information content (AvgIpc) is 2.75. The van der Waals surface area contributed by atoms with Crippen molar-refractivity contribution in [3.05, 3.63) is 69.3 Å². The molecule has 2 aromatic rings. The smallest absolute Gasteiger partial charge is 0.478 e. The zero-order valence-electron chi connectivity index (χ0n) is 21.7. The molecule has 0 spiro atoms. The van der Waals surface area contributed by atoms with Crippen molar-refractivity contribution in [2.24, 2.45) is 0 Å². The minimum atomic E-state index is -5.98. The standard InChI is InChI=1S/C26H27F6NO5S/c1-13(24(34)35)8-16-10-19(27)22(20(28)11-16)23-17-6-7-21(38-39(36,37)26(30,31)32)15(3)18(17)9-14(2)33(23)12-25(4,5)29/h6-8,10-11,14,23H,9,12H2,1-5H3,(H,34,35)/b13-8+/t14-,23+/m1/s1. The maximum absolute atomic E-state index is 15.5. The number of halogens is 6. The van der Waals surface area contributed by atoms with Gasteiger partial charge in [0.2, 0.25) is 0 Å². The summed E-state index contributed by atoms with van der Waals surface area (Å²) in [5, 5.41) is 9.08. The molecule has 39 heavy (non-hydrogen) atoms. The number of nitrogens with zero attached hydrogens (tertiary/aromatic N) is 1. The zero-order chi connectivity index (χ0) is 29.7. The number of carboxylic acids is 1. The van der Waals surface area contributed by atoms with E-state index in [0.717, 1.165) is 24.3 Å². The largest absolute Gasteiger partial charge is 0.534 e. The molecule has 0 radical (unpaired) electrons. The molecule has 1 N–H and O–H groups in total. The lowest BCUT2D eigenvalue weighted by molar-refractivity contribution is -0.132. The third-order valence-electron chi connectivity index (χ3n) is 6.41. The number of alkyl halides is 4. The minimum absolute atomic E-state index is 0.0220. The lowest BCUT2D eigenvalue weighted by Gasteiger charge is -2.44. The van der Waals surface area contributed by atoms with Crippen LogP contribution in [0.25, 0.3) is 6.08 Å². The molecule has 2 atom stereocenters. The molecule has 214 valence electrons. The molecule has 13 heteroatoms. The predicted octanol–water partition coefficient (Wildman–Crippen LogP) is 6.07. The fourth-order valence-corrected chi connectivity index (χ4v) is 5.16. The van der Waals surface area contributed by atoms with E-state index in [1.54, 1.807) is 6.92 Å². The highest BCUT2D eigenvalue weighted by atomic mass is 32.2. The van der Waals surface area contributed by atoms with Crippen molar-refractivity contribution in [1.29, 1.82) is 0 Å². The van der Waals surface area contributed by atoms with Crippen LogP contribution in [0.5, 0.6) is 5.75 Å². The fourth-order valence-electron chi connectivity index (χ4n) is 4.65. The third-order valence-corrected chi connectivity index (χ3v) is 7.38. The summed E-state index contributed by atoms with van der Waals surface area (Å²) in [5.41, 5.74) is -7.63. The van der Waals surface area contributed by atoms with Gasteiger partial charge in [0.05, 0.1) is 6.04 Å². The van der Waals surface area contributed by atoms with Crippen LogP contribution in [0, 0.1) is 18.6 Å². The highest BCUT2D eigenvalue weighted by molar-refractivity contribution is 7.88. The number of carboxylic acid groups (broad SMARTS) is 1. The summed E-state index contributed by atoms with van der Waals surface area (Å²) in [7, 11) is -5.98. The molecule has 0 amide bonds. The second kappa shape index (κ2) is 10.5. The summed E-state index contributed by atoms with van der Waals surface area (Å²) in [5.74, 6) is -3.98. The Kier molecular flexibility index (Phi) is 8.20. The summed E-state index contributed by atoms with van der Waals surface area (Å²) in [6.07, 6.45) is 1.17. The topological polar surface area (TPSA) is 83.9 Å². The number of fused-ring (bicyclic) bond motifs is 1. The van der Waals surface area contributed by atoms with Crippen molar-refractivity contribution in [3.8, 4) is 5.75 Å². The van der Waals surface area contributed by atoms with E-state index in [1.807, 2.05) is 0 Å². The van der Waals surface area contributed by atoms with E-state index in [1.165, 1.54) is 38.7 Å². The van der Waals surface area contributed by atoms with Gasteiger partial charge in [-0.15, -0.1) is 0 Å². The van der Waals surface area contributed by atoms with Crippen molar-refractivity contribution < 1.29 is 48.8 Å². The van der Waals surface area contributed by atoms with Crippen molar-refractivity contribution >= 4 is 22.2 Å². The van der Waals surface area contributed by atoms with Crippen LogP contribution in [-0.4, -0.2) is 48.2 Å². The van der Waals surface area contributed by atoms with Crippen LogP contribution in [0.4, 0.5) is 26.3 Å². The van der Waals surface area contributed by atoms with E-state index in [0.29, 0.717) is 5.56 Å². The second-order valence-corrected chi connectivity index (χ2v) is 11.7. The molecule has 1 heterocycles. The highest BCUT2D eigenvalue weighted by Gasteiger charge is 2.49. The van der Waals surface area contributed by atoms with Gasteiger partial charge in [-0.3, -0.25) is 4.90 Å². The molecule has 1 aliphatic heterocycles. The Morgan fingerprint density at radius 1 is 1.15 bits per heavy atom. The van der Waals surface area contributed by atoms with Gasteiger partial charge in [-0.1, -0.05) is 6.07 Å². The number of hydrogen-bond donors (Lipinski definition) is 1. The maximum atomic E-state index is 15.5. The Labute approximate surface area is 222 Å². The molecule has 6 nitrogen and oxygen atoms in total. The maximum Gasteiger partial charge on any atom is 0.534 e. The monoisotopic (exact) mass is 579 g/mol. The molecule has 0 saturated carbocycles. The van der Waals surface area contributed by atoms with Crippen LogP contribution in [0.15, 0.2) is 29.8 Å². The van der Waals surface area contributed by atoms with Gasteiger partial charge >= 0.3 is 21.6 Å². The van der Waals surface area contributed by atoms with Crippen LogP contribution in [0.1, 0.15) is 61.6 Å². The van der Waals surface area contributed by atoms with Gasteiger partial charge < -0.3 is 9.29 Å². The molecular formula is C26H27F6NO5S. The van der Waals surface area contributed by atoms with E-state index in [-0.39, 0.29) is 35.2 Å². The van der Waals surface area contributed by atoms with Crippen molar-refractivity contribution in [1.82, 2.24) is 4.90 Å². The van der Waals surface area contributed by atoms with Gasteiger partial charge in [0, 0.05) is 23.7 Å². The molecule has 0 bridgehead atoms. The van der Waals surface area contributed by atoms with Gasteiger partial charge in [-0.2, -0.15) is 21.6 Å². The summed E-state index contributed by atoms with van der Waals surface area (Å²) in [4.78, 5) is 12.7. The van der Waals surface area contributed by atoms with Gasteiger partial charge in [0.15, 0.2) is 0 Å². The molecule has 0 fully saturated rings. The molecule has 0 unspecified atom stereocenters.